The number of hydrogen-bond acceptors (Lipinski definition) is 8. The number of hydrogen-bond donors (Lipinski definition) is 0. The first-order valence-corrected chi connectivity index (χ1v) is 12.3. The van der Waals surface area contributed by atoms with Gasteiger partial charge in [-0.1, -0.05) is 18.2 Å². The molecule has 1 saturated heterocycles. The summed E-state index contributed by atoms with van der Waals surface area (Å²) in [6.07, 6.45) is -3.61. The Bertz CT molecular complexity index is 1260. The minimum absolute atomic E-state index is 0.00279. The number of anilines is 1. The van der Waals surface area contributed by atoms with Gasteiger partial charge in [-0.15, -0.1) is 15.3 Å². The van der Waals surface area contributed by atoms with Crippen molar-refractivity contribution in [3.05, 3.63) is 48.3 Å². The van der Waals surface area contributed by atoms with Gasteiger partial charge >= 0.3 is 12.1 Å². The zero-order chi connectivity index (χ0) is 24.3. The number of carbonyl (C=O) groups excluding carboxylic acids is 1. The van der Waals surface area contributed by atoms with E-state index in [1.54, 1.807) is 29.2 Å². The molecule has 9 nitrogen and oxygen atoms in total. The second-order valence-electron chi connectivity index (χ2n) is 7.90. The van der Waals surface area contributed by atoms with Crippen molar-refractivity contribution in [3.63, 3.8) is 0 Å². The van der Waals surface area contributed by atoms with Gasteiger partial charge in [-0.25, -0.2) is 8.42 Å². The van der Waals surface area contributed by atoms with Crippen LogP contribution in [0.5, 0.6) is 0 Å². The molecule has 0 bridgehead atoms. The van der Waals surface area contributed by atoms with Crippen LogP contribution in [0.2, 0.25) is 0 Å². The van der Waals surface area contributed by atoms with Crippen LogP contribution >= 0.6 is 0 Å². The lowest BCUT2D eigenvalue weighted by Gasteiger charge is -2.31. The molecule has 182 valence electrons. The fourth-order valence-electron chi connectivity index (χ4n) is 3.75. The number of aromatic nitrogens is 4. The summed E-state index contributed by atoms with van der Waals surface area (Å²) in [4.78, 5) is 14.4. The maximum absolute atomic E-state index is 13.1. The van der Waals surface area contributed by atoms with Crippen LogP contribution < -0.4 is 4.90 Å². The molecule has 4 rings (SSSR count). The summed E-state index contributed by atoms with van der Waals surface area (Å²) in [7, 11) is -3.43. The van der Waals surface area contributed by atoms with Crippen molar-refractivity contribution in [2.24, 2.45) is 5.92 Å². The van der Waals surface area contributed by atoms with E-state index in [9.17, 15) is 26.4 Å². The molecular weight excluding hydrogens is 475 g/mol. The number of carbonyl (C=O) groups is 1. The highest BCUT2D eigenvalue weighted by Gasteiger charge is 2.38. The SMILES string of the molecule is O=C(OCCCS(=O)(=O)c1ccccc1)C1CCN(c2ccc3nnc(C(F)(F)F)n3n2)CC1. The van der Waals surface area contributed by atoms with Crippen LogP contribution in [-0.4, -0.2) is 59.6 Å². The highest BCUT2D eigenvalue weighted by molar-refractivity contribution is 7.91. The molecule has 3 aromatic rings. The lowest BCUT2D eigenvalue weighted by molar-refractivity contribution is -0.149. The Morgan fingerprint density at radius 2 is 1.76 bits per heavy atom. The van der Waals surface area contributed by atoms with Crippen molar-refractivity contribution in [1.82, 2.24) is 19.8 Å². The number of esters is 1. The summed E-state index contributed by atoms with van der Waals surface area (Å²) in [6, 6.07) is 11.0. The molecule has 1 aliphatic rings. The molecule has 3 heterocycles. The quantitative estimate of drug-likeness (QED) is 0.362. The number of halogens is 3. The molecule has 2 aromatic heterocycles. The first-order chi connectivity index (χ1) is 16.1. The third kappa shape index (κ3) is 5.29. The number of alkyl halides is 3. The molecule has 1 fully saturated rings. The van der Waals surface area contributed by atoms with Gasteiger partial charge in [0.05, 0.1) is 23.2 Å². The number of sulfone groups is 1. The molecule has 0 saturated carbocycles. The highest BCUT2D eigenvalue weighted by Crippen LogP contribution is 2.29. The Hall–Kier alpha value is -3.22. The molecule has 0 atom stereocenters. The maximum atomic E-state index is 13.1. The average molecular weight is 497 g/mol. The topological polar surface area (TPSA) is 107 Å². The summed E-state index contributed by atoms with van der Waals surface area (Å²) in [5, 5.41) is 10.7. The Balaban J connectivity index is 1.27. The van der Waals surface area contributed by atoms with E-state index in [1.165, 1.54) is 18.2 Å². The van der Waals surface area contributed by atoms with Crippen LogP contribution in [0.15, 0.2) is 47.4 Å². The Labute approximate surface area is 193 Å². The van der Waals surface area contributed by atoms with E-state index >= 15 is 0 Å². The van der Waals surface area contributed by atoms with Gasteiger partial charge in [-0.3, -0.25) is 4.79 Å². The molecule has 34 heavy (non-hydrogen) atoms. The molecule has 0 radical (unpaired) electrons. The standard InChI is InChI=1S/C21H22F3N5O4S/c22-21(23,24)20-26-25-17-7-8-18(27-29(17)20)28-11-9-15(10-12-28)19(30)33-13-4-14-34(31,32)16-5-2-1-3-6-16/h1-3,5-8,15H,4,9-14H2. The Kier molecular flexibility index (Phi) is 6.73. The maximum Gasteiger partial charge on any atom is 0.453 e. The summed E-state index contributed by atoms with van der Waals surface area (Å²) in [6.45, 7) is 0.811. The van der Waals surface area contributed by atoms with Gasteiger partial charge in [-0.05, 0) is 43.5 Å². The van der Waals surface area contributed by atoms with E-state index in [1.807, 2.05) is 0 Å². The third-order valence-corrected chi connectivity index (χ3v) is 7.38. The fourth-order valence-corrected chi connectivity index (χ4v) is 5.06. The summed E-state index contributed by atoms with van der Waals surface area (Å²) in [5.74, 6) is -1.77. The van der Waals surface area contributed by atoms with Crippen molar-refractivity contribution >= 4 is 27.3 Å². The average Bonchev–Trinajstić information content (AvgIpc) is 3.26. The summed E-state index contributed by atoms with van der Waals surface area (Å²) < 4.78 is 69.7. The molecule has 0 spiro atoms. The normalized spacial score (nSPS) is 15.6. The molecular formula is C21H22F3N5O4S. The fraction of sp³-hybridized carbons (Fsp3) is 0.429. The van der Waals surface area contributed by atoms with Crippen LogP contribution in [0.4, 0.5) is 19.0 Å². The summed E-state index contributed by atoms with van der Waals surface area (Å²) >= 11 is 0. The van der Waals surface area contributed by atoms with E-state index in [-0.39, 0.29) is 35.2 Å². The minimum atomic E-state index is -4.68. The monoisotopic (exact) mass is 497 g/mol. The second kappa shape index (κ2) is 9.57. The molecule has 1 aliphatic heterocycles. The van der Waals surface area contributed by atoms with E-state index in [0.717, 1.165) is 0 Å². The summed E-state index contributed by atoms with van der Waals surface area (Å²) in [5.41, 5.74) is -0.0104. The van der Waals surface area contributed by atoms with Gasteiger partial charge in [0, 0.05) is 13.1 Å². The molecule has 13 heteroatoms. The lowest BCUT2D eigenvalue weighted by Crippen LogP contribution is -2.37. The molecule has 0 amide bonds. The minimum Gasteiger partial charge on any atom is -0.465 e. The van der Waals surface area contributed by atoms with Crippen molar-refractivity contribution in [2.75, 3.05) is 30.3 Å². The van der Waals surface area contributed by atoms with Crippen LogP contribution in [0.3, 0.4) is 0 Å². The molecule has 0 N–H and O–H groups in total. The van der Waals surface area contributed by atoms with E-state index < -0.39 is 27.8 Å². The predicted octanol–water partition coefficient (Wildman–Crippen LogP) is 2.77. The highest BCUT2D eigenvalue weighted by atomic mass is 32.2. The van der Waals surface area contributed by atoms with Crippen LogP contribution in [-0.2, 0) is 25.5 Å². The third-order valence-electron chi connectivity index (χ3n) is 5.56. The largest absolute Gasteiger partial charge is 0.465 e. The number of nitrogens with zero attached hydrogens (tertiary/aromatic N) is 5. The lowest BCUT2D eigenvalue weighted by atomic mass is 9.97. The number of piperidine rings is 1. The van der Waals surface area contributed by atoms with E-state index in [2.05, 4.69) is 15.3 Å². The van der Waals surface area contributed by atoms with Gasteiger partial charge in [0.2, 0.25) is 0 Å². The molecule has 1 aromatic carbocycles. The van der Waals surface area contributed by atoms with Crippen molar-refractivity contribution in [3.8, 4) is 0 Å². The number of benzene rings is 1. The van der Waals surface area contributed by atoms with Crippen molar-refractivity contribution < 1.29 is 31.1 Å². The van der Waals surface area contributed by atoms with Gasteiger partial charge in [-0.2, -0.15) is 17.7 Å². The Morgan fingerprint density at radius 1 is 1.06 bits per heavy atom. The van der Waals surface area contributed by atoms with E-state index in [4.69, 9.17) is 4.74 Å². The van der Waals surface area contributed by atoms with Crippen LogP contribution in [0.25, 0.3) is 5.65 Å². The zero-order valence-electron chi connectivity index (χ0n) is 18.0. The van der Waals surface area contributed by atoms with Crippen LogP contribution in [0, 0.1) is 5.92 Å². The van der Waals surface area contributed by atoms with Gasteiger partial charge in [0.15, 0.2) is 15.5 Å². The molecule has 0 aliphatic carbocycles. The first-order valence-electron chi connectivity index (χ1n) is 10.6. The number of rotatable bonds is 7. The van der Waals surface area contributed by atoms with Crippen LogP contribution in [0.1, 0.15) is 25.1 Å². The zero-order valence-corrected chi connectivity index (χ0v) is 18.8. The molecule has 0 unspecified atom stereocenters. The van der Waals surface area contributed by atoms with E-state index in [0.29, 0.717) is 36.3 Å². The second-order valence-corrected chi connectivity index (χ2v) is 10.0. The number of ether oxygens (including phenoxy) is 1. The number of fused-ring (bicyclic) bond motifs is 1. The van der Waals surface area contributed by atoms with Crippen molar-refractivity contribution in [2.45, 2.75) is 30.3 Å². The van der Waals surface area contributed by atoms with Gasteiger partial charge in [0.25, 0.3) is 5.82 Å². The Morgan fingerprint density at radius 3 is 2.44 bits per heavy atom. The first kappa shape index (κ1) is 23.9. The van der Waals surface area contributed by atoms with Gasteiger partial charge in [0.1, 0.15) is 5.82 Å². The predicted molar refractivity (Wildman–Crippen MR) is 115 cm³/mol. The van der Waals surface area contributed by atoms with Crippen molar-refractivity contribution in [1.29, 1.82) is 0 Å². The smallest absolute Gasteiger partial charge is 0.453 e. The van der Waals surface area contributed by atoms with Gasteiger partial charge < -0.3 is 9.64 Å².